The summed E-state index contributed by atoms with van der Waals surface area (Å²) < 4.78 is 5.89. The molecule has 1 aromatic rings. The Labute approximate surface area is 118 Å². The van der Waals surface area contributed by atoms with Gasteiger partial charge in [-0.25, -0.2) is 0 Å². The van der Waals surface area contributed by atoms with Crippen molar-refractivity contribution in [1.29, 1.82) is 0 Å². The Morgan fingerprint density at radius 3 is 3.11 bits per heavy atom. The van der Waals surface area contributed by atoms with Gasteiger partial charge in [-0.2, -0.15) is 0 Å². The van der Waals surface area contributed by atoms with Crippen LogP contribution in [0, 0.1) is 5.92 Å². The summed E-state index contributed by atoms with van der Waals surface area (Å²) in [6.07, 6.45) is 2.72. The molecular formula is C15H18ClNO2. The van der Waals surface area contributed by atoms with Crippen LogP contribution in [0.4, 0.5) is 0 Å². The minimum absolute atomic E-state index is 0.0594. The van der Waals surface area contributed by atoms with E-state index in [1.165, 1.54) is 0 Å². The SMILES string of the molecule is C[C@@H]1C[C@@H]2CCN(C(=O)c3cccc(Cl)c3)C[C@H]2O1. The van der Waals surface area contributed by atoms with E-state index in [0.29, 0.717) is 29.2 Å². The molecule has 2 fully saturated rings. The quantitative estimate of drug-likeness (QED) is 0.791. The van der Waals surface area contributed by atoms with E-state index in [-0.39, 0.29) is 12.0 Å². The molecule has 3 atom stereocenters. The Bertz CT molecular complexity index is 491. The van der Waals surface area contributed by atoms with Crippen molar-refractivity contribution in [3.05, 3.63) is 34.9 Å². The van der Waals surface area contributed by atoms with Crippen LogP contribution in [0.1, 0.15) is 30.1 Å². The number of fused-ring (bicyclic) bond motifs is 1. The van der Waals surface area contributed by atoms with E-state index >= 15 is 0 Å². The molecule has 1 aromatic carbocycles. The first-order valence-electron chi connectivity index (χ1n) is 6.84. The van der Waals surface area contributed by atoms with Gasteiger partial charge in [-0.3, -0.25) is 4.79 Å². The molecule has 0 aromatic heterocycles. The molecule has 2 heterocycles. The molecule has 2 aliphatic heterocycles. The molecule has 102 valence electrons. The maximum absolute atomic E-state index is 12.4. The number of carbonyl (C=O) groups is 1. The first kappa shape index (κ1) is 12.9. The molecule has 2 saturated heterocycles. The average molecular weight is 280 g/mol. The van der Waals surface area contributed by atoms with Crippen molar-refractivity contribution < 1.29 is 9.53 Å². The van der Waals surface area contributed by atoms with Crippen molar-refractivity contribution in [3.8, 4) is 0 Å². The first-order chi connectivity index (χ1) is 9.13. The summed E-state index contributed by atoms with van der Waals surface area (Å²) in [6, 6.07) is 7.15. The van der Waals surface area contributed by atoms with Gasteiger partial charge < -0.3 is 9.64 Å². The van der Waals surface area contributed by atoms with Gasteiger partial charge in [0.2, 0.25) is 0 Å². The Kier molecular flexibility index (Phi) is 3.50. The summed E-state index contributed by atoms with van der Waals surface area (Å²) in [4.78, 5) is 14.3. The third-order valence-corrected chi connectivity index (χ3v) is 4.33. The topological polar surface area (TPSA) is 29.5 Å². The van der Waals surface area contributed by atoms with Gasteiger partial charge in [0.1, 0.15) is 0 Å². The fourth-order valence-electron chi connectivity index (χ4n) is 3.16. The van der Waals surface area contributed by atoms with Gasteiger partial charge in [-0.05, 0) is 43.9 Å². The van der Waals surface area contributed by atoms with Crippen LogP contribution in [0.15, 0.2) is 24.3 Å². The highest BCUT2D eigenvalue weighted by molar-refractivity contribution is 6.30. The zero-order valence-corrected chi connectivity index (χ0v) is 11.8. The Hall–Kier alpha value is -1.06. The number of carbonyl (C=O) groups excluding carboxylic acids is 1. The molecule has 19 heavy (non-hydrogen) atoms. The van der Waals surface area contributed by atoms with Crippen LogP contribution in [0.5, 0.6) is 0 Å². The van der Waals surface area contributed by atoms with E-state index in [2.05, 4.69) is 6.92 Å². The third-order valence-electron chi connectivity index (χ3n) is 4.10. The number of ether oxygens (including phenoxy) is 1. The highest BCUT2D eigenvalue weighted by atomic mass is 35.5. The van der Waals surface area contributed by atoms with Crippen molar-refractivity contribution in [2.24, 2.45) is 5.92 Å². The number of halogens is 1. The standard InChI is InChI=1S/C15H18ClNO2/c1-10-7-11-5-6-17(9-14(11)19-10)15(18)12-3-2-4-13(16)8-12/h2-4,8,10-11,14H,5-7,9H2,1H3/t10-,11+,14-/m1/s1. The number of hydrogen-bond donors (Lipinski definition) is 0. The molecule has 3 rings (SSSR count). The van der Waals surface area contributed by atoms with Crippen molar-refractivity contribution in [1.82, 2.24) is 4.90 Å². The predicted molar refractivity (Wildman–Crippen MR) is 74.4 cm³/mol. The second kappa shape index (κ2) is 5.14. The molecule has 0 bridgehead atoms. The molecule has 1 amide bonds. The Morgan fingerprint density at radius 2 is 2.32 bits per heavy atom. The highest BCUT2D eigenvalue weighted by Gasteiger charge is 2.38. The van der Waals surface area contributed by atoms with Crippen molar-refractivity contribution in [2.75, 3.05) is 13.1 Å². The molecule has 0 saturated carbocycles. The fourth-order valence-corrected chi connectivity index (χ4v) is 3.35. The first-order valence-corrected chi connectivity index (χ1v) is 7.21. The van der Waals surface area contributed by atoms with Gasteiger partial charge >= 0.3 is 0 Å². The number of rotatable bonds is 1. The average Bonchev–Trinajstić information content (AvgIpc) is 2.76. The van der Waals surface area contributed by atoms with Crippen molar-refractivity contribution in [2.45, 2.75) is 32.0 Å². The van der Waals surface area contributed by atoms with Crippen LogP contribution >= 0.6 is 11.6 Å². The minimum Gasteiger partial charge on any atom is -0.373 e. The second-order valence-electron chi connectivity index (χ2n) is 5.53. The Balaban J connectivity index is 1.71. The summed E-state index contributed by atoms with van der Waals surface area (Å²) in [5.74, 6) is 0.683. The number of nitrogens with zero attached hydrogens (tertiary/aromatic N) is 1. The molecule has 4 heteroatoms. The van der Waals surface area contributed by atoms with Crippen molar-refractivity contribution >= 4 is 17.5 Å². The molecule has 0 spiro atoms. The lowest BCUT2D eigenvalue weighted by molar-refractivity contribution is 0.00157. The van der Waals surface area contributed by atoms with Gasteiger partial charge in [0.25, 0.3) is 5.91 Å². The molecule has 0 N–H and O–H groups in total. The van der Waals surface area contributed by atoms with E-state index in [1.54, 1.807) is 12.1 Å². The smallest absolute Gasteiger partial charge is 0.253 e. The van der Waals surface area contributed by atoms with Crippen LogP contribution in [-0.2, 0) is 4.74 Å². The molecule has 3 nitrogen and oxygen atoms in total. The van der Waals surface area contributed by atoms with E-state index in [0.717, 1.165) is 19.4 Å². The number of piperidine rings is 1. The zero-order valence-electron chi connectivity index (χ0n) is 11.0. The summed E-state index contributed by atoms with van der Waals surface area (Å²) in [7, 11) is 0. The predicted octanol–water partition coefficient (Wildman–Crippen LogP) is 2.98. The van der Waals surface area contributed by atoms with Gasteiger partial charge in [-0.15, -0.1) is 0 Å². The van der Waals surface area contributed by atoms with Crippen LogP contribution in [-0.4, -0.2) is 36.1 Å². The van der Waals surface area contributed by atoms with Crippen molar-refractivity contribution in [3.63, 3.8) is 0 Å². The summed E-state index contributed by atoms with van der Waals surface area (Å²) in [5.41, 5.74) is 0.664. The lowest BCUT2D eigenvalue weighted by Crippen LogP contribution is -2.45. The van der Waals surface area contributed by atoms with E-state index in [1.807, 2.05) is 17.0 Å². The third kappa shape index (κ3) is 2.63. The molecule has 0 unspecified atom stereocenters. The van der Waals surface area contributed by atoms with E-state index < -0.39 is 0 Å². The molecule has 0 radical (unpaired) electrons. The van der Waals surface area contributed by atoms with Crippen LogP contribution < -0.4 is 0 Å². The minimum atomic E-state index is 0.0594. The van der Waals surface area contributed by atoms with Crippen LogP contribution in [0.2, 0.25) is 5.02 Å². The van der Waals surface area contributed by atoms with Gasteiger partial charge in [0, 0.05) is 23.7 Å². The maximum atomic E-state index is 12.4. The summed E-state index contributed by atoms with van der Waals surface area (Å²) in [5, 5.41) is 0.603. The molecule has 2 aliphatic rings. The second-order valence-corrected chi connectivity index (χ2v) is 5.97. The monoisotopic (exact) mass is 279 g/mol. The normalized spacial score (nSPS) is 30.2. The number of likely N-dealkylation sites (tertiary alicyclic amines) is 1. The lowest BCUT2D eigenvalue weighted by atomic mass is 9.92. The largest absolute Gasteiger partial charge is 0.373 e. The number of benzene rings is 1. The lowest BCUT2D eigenvalue weighted by Gasteiger charge is -2.34. The van der Waals surface area contributed by atoms with E-state index in [4.69, 9.17) is 16.3 Å². The number of hydrogen-bond acceptors (Lipinski definition) is 2. The molecular weight excluding hydrogens is 262 g/mol. The van der Waals surface area contributed by atoms with Gasteiger partial charge in [0.15, 0.2) is 0 Å². The van der Waals surface area contributed by atoms with Crippen LogP contribution in [0.3, 0.4) is 0 Å². The van der Waals surface area contributed by atoms with Crippen LogP contribution in [0.25, 0.3) is 0 Å². The maximum Gasteiger partial charge on any atom is 0.253 e. The summed E-state index contributed by atoms with van der Waals surface area (Å²) >= 11 is 5.94. The zero-order chi connectivity index (χ0) is 13.4. The van der Waals surface area contributed by atoms with Gasteiger partial charge in [-0.1, -0.05) is 17.7 Å². The Morgan fingerprint density at radius 1 is 1.47 bits per heavy atom. The highest BCUT2D eigenvalue weighted by Crippen LogP contribution is 2.33. The van der Waals surface area contributed by atoms with E-state index in [9.17, 15) is 4.79 Å². The fraction of sp³-hybridized carbons (Fsp3) is 0.533. The summed E-state index contributed by atoms with van der Waals surface area (Å²) in [6.45, 7) is 3.64. The number of amides is 1. The molecule has 0 aliphatic carbocycles. The van der Waals surface area contributed by atoms with Gasteiger partial charge in [0.05, 0.1) is 12.2 Å².